The smallest absolute Gasteiger partial charge is 0.191 e. The van der Waals surface area contributed by atoms with Gasteiger partial charge < -0.3 is 15.6 Å². The van der Waals surface area contributed by atoms with E-state index in [2.05, 4.69) is 63.6 Å². The van der Waals surface area contributed by atoms with E-state index >= 15 is 0 Å². The van der Waals surface area contributed by atoms with E-state index in [0.717, 1.165) is 30.7 Å². The van der Waals surface area contributed by atoms with Crippen LogP contribution in [0.1, 0.15) is 24.1 Å². The van der Waals surface area contributed by atoms with Crippen LogP contribution in [0.15, 0.2) is 29.3 Å². The number of guanidine groups is 1. The van der Waals surface area contributed by atoms with E-state index < -0.39 is 0 Å². The Morgan fingerprint density at radius 1 is 1.35 bits per heavy atom. The van der Waals surface area contributed by atoms with Gasteiger partial charge in [-0.15, -0.1) is 0 Å². The van der Waals surface area contributed by atoms with E-state index in [1.54, 1.807) is 0 Å². The highest BCUT2D eigenvalue weighted by Gasteiger charge is 2.15. The Morgan fingerprint density at radius 2 is 2.22 bits per heavy atom. The molecule has 2 aromatic rings. The molecule has 1 fully saturated rings. The lowest BCUT2D eigenvalue weighted by Crippen LogP contribution is -2.40. The van der Waals surface area contributed by atoms with E-state index in [4.69, 9.17) is 0 Å². The van der Waals surface area contributed by atoms with Gasteiger partial charge in [0.05, 0.1) is 0 Å². The maximum atomic E-state index is 4.33. The molecule has 0 amide bonds. The van der Waals surface area contributed by atoms with E-state index in [1.807, 2.05) is 7.05 Å². The van der Waals surface area contributed by atoms with Gasteiger partial charge in [-0.05, 0) is 43.6 Å². The zero-order valence-corrected chi connectivity index (χ0v) is 14.8. The first-order valence-electron chi connectivity index (χ1n) is 8.40. The summed E-state index contributed by atoms with van der Waals surface area (Å²) in [5.74, 6) is 2.22. The number of aromatic amines is 1. The Hall–Kier alpha value is -1.62. The number of aryl methyl sites for hydroxylation is 1. The molecule has 0 spiro atoms. The minimum atomic E-state index is 0.740. The summed E-state index contributed by atoms with van der Waals surface area (Å²) < 4.78 is 0. The largest absolute Gasteiger partial charge is 0.358 e. The first-order valence-corrected chi connectivity index (χ1v) is 9.45. The minimum Gasteiger partial charge on any atom is -0.358 e. The molecular weight excluding hydrogens is 304 g/mol. The van der Waals surface area contributed by atoms with E-state index in [9.17, 15) is 0 Å². The van der Waals surface area contributed by atoms with Crippen molar-refractivity contribution in [2.45, 2.75) is 31.4 Å². The molecule has 2 heterocycles. The molecule has 4 nitrogen and oxygen atoms in total. The summed E-state index contributed by atoms with van der Waals surface area (Å²) in [5.41, 5.74) is 3.88. The van der Waals surface area contributed by atoms with Gasteiger partial charge in [0.25, 0.3) is 0 Å². The number of hydrogen-bond donors (Lipinski definition) is 3. The molecule has 23 heavy (non-hydrogen) atoms. The van der Waals surface area contributed by atoms with Crippen molar-refractivity contribution in [2.75, 3.05) is 25.9 Å². The molecule has 5 heteroatoms. The number of aromatic nitrogens is 1. The summed E-state index contributed by atoms with van der Waals surface area (Å²) in [4.78, 5) is 7.79. The quantitative estimate of drug-likeness (QED) is 0.583. The molecule has 1 aromatic carbocycles. The fourth-order valence-corrected chi connectivity index (χ4v) is 4.40. The predicted molar refractivity (Wildman–Crippen MR) is 102 cm³/mol. The number of hydrogen-bond acceptors (Lipinski definition) is 2. The van der Waals surface area contributed by atoms with E-state index in [1.165, 1.54) is 40.8 Å². The average molecular weight is 331 g/mol. The van der Waals surface area contributed by atoms with Crippen molar-refractivity contribution in [2.24, 2.45) is 4.99 Å². The lowest BCUT2D eigenvalue weighted by Gasteiger charge is -2.14. The van der Waals surface area contributed by atoms with Gasteiger partial charge in [-0.2, -0.15) is 11.8 Å². The van der Waals surface area contributed by atoms with Crippen molar-refractivity contribution < 1.29 is 0 Å². The molecule has 1 saturated heterocycles. The lowest BCUT2D eigenvalue weighted by atomic mass is 10.1. The fraction of sp³-hybridized carbons (Fsp3) is 0.500. The second-order valence-electron chi connectivity index (χ2n) is 6.04. The van der Waals surface area contributed by atoms with Crippen LogP contribution in [0.25, 0.3) is 10.9 Å². The molecule has 0 bridgehead atoms. The second-order valence-corrected chi connectivity index (χ2v) is 7.45. The van der Waals surface area contributed by atoms with Crippen molar-refractivity contribution in [1.29, 1.82) is 0 Å². The minimum absolute atomic E-state index is 0.740. The average Bonchev–Trinajstić information content (AvgIpc) is 3.18. The second kappa shape index (κ2) is 7.77. The number of para-hydroxylation sites is 1. The van der Waals surface area contributed by atoms with Crippen LogP contribution in [0.3, 0.4) is 0 Å². The molecule has 3 rings (SSSR count). The summed E-state index contributed by atoms with van der Waals surface area (Å²) in [6.07, 6.45) is 3.67. The number of benzene rings is 1. The highest BCUT2D eigenvalue weighted by molar-refractivity contribution is 8.00. The zero-order valence-electron chi connectivity index (χ0n) is 14.0. The Kier molecular flexibility index (Phi) is 5.49. The van der Waals surface area contributed by atoms with Crippen molar-refractivity contribution in [3.63, 3.8) is 0 Å². The van der Waals surface area contributed by atoms with Gasteiger partial charge in [0.2, 0.25) is 0 Å². The number of thioether (sulfide) groups is 1. The first-order chi connectivity index (χ1) is 11.3. The Labute approximate surface area is 142 Å². The van der Waals surface area contributed by atoms with Crippen LogP contribution in [0.4, 0.5) is 0 Å². The lowest BCUT2D eigenvalue weighted by molar-refractivity contribution is 0.724. The summed E-state index contributed by atoms with van der Waals surface area (Å²) in [7, 11) is 1.84. The Balaban J connectivity index is 1.52. The molecule has 0 aliphatic carbocycles. The van der Waals surface area contributed by atoms with E-state index in [-0.39, 0.29) is 0 Å². The number of nitrogens with zero attached hydrogens (tertiary/aromatic N) is 1. The number of fused-ring (bicyclic) bond motifs is 1. The van der Waals surface area contributed by atoms with Gasteiger partial charge in [0.15, 0.2) is 5.96 Å². The Bertz CT molecular complexity index is 671. The van der Waals surface area contributed by atoms with Gasteiger partial charge in [-0.3, -0.25) is 4.99 Å². The number of rotatable bonds is 5. The maximum Gasteiger partial charge on any atom is 0.191 e. The summed E-state index contributed by atoms with van der Waals surface area (Å²) in [5, 5.41) is 8.96. The molecule has 1 atom stereocenters. The van der Waals surface area contributed by atoms with Gasteiger partial charge in [-0.1, -0.05) is 18.2 Å². The van der Waals surface area contributed by atoms with Crippen LogP contribution >= 0.6 is 11.8 Å². The number of H-pyrrole nitrogens is 1. The molecule has 1 aliphatic rings. The summed E-state index contributed by atoms with van der Waals surface area (Å²) in [6, 6.07) is 8.51. The van der Waals surface area contributed by atoms with Crippen molar-refractivity contribution >= 4 is 28.6 Å². The van der Waals surface area contributed by atoms with Crippen LogP contribution in [0.2, 0.25) is 0 Å². The molecule has 124 valence electrons. The normalized spacial score (nSPS) is 18.5. The number of nitrogens with one attached hydrogen (secondary N) is 3. The van der Waals surface area contributed by atoms with Crippen LogP contribution < -0.4 is 10.6 Å². The van der Waals surface area contributed by atoms with Crippen molar-refractivity contribution in [1.82, 2.24) is 15.6 Å². The van der Waals surface area contributed by atoms with Crippen LogP contribution in [-0.2, 0) is 6.42 Å². The third-order valence-electron chi connectivity index (χ3n) is 4.44. The molecule has 0 radical (unpaired) electrons. The Morgan fingerprint density at radius 3 is 3.00 bits per heavy atom. The van der Waals surface area contributed by atoms with Crippen LogP contribution in [0.5, 0.6) is 0 Å². The standard InChI is InChI=1S/C18H26N4S/c1-13-15(16-7-3-4-8-17(16)22-13)9-10-20-18(19-2)21-12-14-6-5-11-23-14/h3-4,7-8,14,22H,5-6,9-12H2,1-2H3,(H2,19,20,21). The van der Waals surface area contributed by atoms with Crippen molar-refractivity contribution in [3.05, 3.63) is 35.5 Å². The van der Waals surface area contributed by atoms with Crippen LogP contribution in [-0.4, -0.2) is 42.1 Å². The summed E-state index contributed by atoms with van der Waals surface area (Å²) in [6.45, 7) is 4.05. The zero-order chi connectivity index (χ0) is 16.1. The van der Waals surface area contributed by atoms with Gasteiger partial charge in [0.1, 0.15) is 0 Å². The predicted octanol–water partition coefficient (Wildman–Crippen LogP) is 3.08. The molecule has 0 saturated carbocycles. The molecule has 3 N–H and O–H groups in total. The summed E-state index contributed by atoms with van der Waals surface area (Å²) >= 11 is 2.07. The van der Waals surface area contributed by atoms with E-state index in [0.29, 0.717) is 0 Å². The van der Waals surface area contributed by atoms with Gasteiger partial charge in [0, 0.05) is 42.0 Å². The van der Waals surface area contributed by atoms with Crippen LogP contribution in [0, 0.1) is 6.92 Å². The van der Waals surface area contributed by atoms with Gasteiger partial charge in [-0.25, -0.2) is 0 Å². The highest BCUT2D eigenvalue weighted by atomic mass is 32.2. The maximum absolute atomic E-state index is 4.33. The first kappa shape index (κ1) is 16.2. The van der Waals surface area contributed by atoms with Crippen molar-refractivity contribution in [3.8, 4) is 0 Å². The van der Waals surface area contributed by atoms with Gasteiger partial charge >= 0.3 is 0 Å². The molecule has 1 aromatic heterocycles. The molecule has 1 aliphatic heterocycles. The number of aliphatic imine (C=N–C) groups is 1. The highest BCUT2D eigenvalue weighted by Crippen LogP contribution is 2.25. The molecule has 1 unspecified atom stereocenters. The molecular formula is C18H26N4S. The monoisotopic (exact) mass is 330 g/mol. The topological polar surface area (TPSA) is 52.2 Å². The third-order valence-corrected chi connectivity index (χ3v) is 5.84. The fourth-order valence-electron chi connectivity index (χ4n) is 3.20. The SMILES string of the molecule is CN=C(NCCc1c(C)[nH]c2ccccc12)NCC1CCCS1. The third kappa shape index (κ3) is 4.02.